The van der Waals surface area contributed by atoms with Crippen LogP contribution >= 0.6 is 0 Å². The third-order valence-corrected chi connectivity index (χ3v) is 14.0. The van der Waals surface area contributed by atoms with Crippen LogP contribution in [0.5, 0.6) is 0 Å². The van der Waals surface area contributed by atoms with Gasteiger partial charge in [-0.25, -0.2) is 9.69 Å². The van der Waals surface area contributed by atoms with E-state index in [1.165, 1.54) is 48.5 Å². The number of amides is 4. The van der Waals surface area contributed by atoms with Crippen molar-refractivity contribution in [2.24, 2.45) is 0 Å². The number of hydrogen-bond donors (Lipinski definition) is 6. The number of nitrogens with zero attached hydrogens (tertiary/aromatic N) is 4. The predicted molar refractivity (Wildman–Crippen MR) is 297 cm³/mol. The van der Waals surface area contributed by atoms with Crippen molar-refractivity contribution < 1.29 is 64.7 Å². The molecule has 0 aliphatic heterocycles. The molecule has 0 aromatic heterocycles. The number of halogens is 6. The first-order chi connectivity index (χ1) is 40.9. The van der Waals surface area contributed by atoms with Crippen LogP contribution in [-0.4, -0.2) is 46.8 Å². The first-order valence-electron chi connectivity index (χ1n) is 24.7. The van der Waals surface area contributed by atoms with Gasteiger partial charge in [-0.15, -0.1) is 0 Å². The van der Waals surface area contributed by atoms with Gasteiger partial charge in [-0.3, -0.25) is 38.4 Å². The minimum Gasteiger partial charge on any atom is -0.407 e. The van der Waals surface area contributed by atoms with Crippen LogP contribution in [0.3, 0.4) is 0 Å². The standard InChI is InChI=1S/C62H30F6N10O8/c1-73-50-40(26-70)49(45-44(48(50)72)54(80)36-8-4-5-9-37(36)55(45)81)77-59(85)29-15-11-27(12-16-29)57(83)75-31-19-21-33(41(23-31)61(63,64)65)34-22-20-32(24-42(34)62(66,67)68)76-58(84)28-13-17-30(18-14-28)60(86)78-52-46-43(47(71)39(25-69)51(52)74-2)53(79)35-7-3-6-10-38(35)56(46)82/h3-24H,71-72H2,(H,75,83)(H,76,84)(H,77,85)(H,78,86). The molecule has 2 aliphatic carbocycles. The molecule has 0 bridgehead atoms. The molecule has 8 N–H and O–H groups in total. The van der Waals surface area contributed by atoms with E-state index < -0.39 is 160 Å². The first-order valence-corrected chi connectivity index (χ1v) is 24.7. The summed E-state index contributed by atoms with van der Waals surface area (Å²) in [5, 5.41) is 29.3. The van der Waals surface area contributed by atoms with Crippen LogP contribution < -0.4 is 32.7 Å². The minimum absolute atomic E-state index is 0.0264. The topological polar surface area (TPSA) is 293 Å². The van der Waals surface area contributed by atoms with Gasteiger partial charge >= 0.3 is 12.4 Å². The molecule has 418 valence electrons. The Labute approximate surface area is 479 Å². The summed E-state index contributed by atoms with van der Waals surface area (Å²) in [5.41, 5.74) is -0.548. The smallest absolute Gasteiger partial charge is 0.407 e. The van der Waals surface area contributed by atoms with Crippen molar-refractivity contribution in [2.45, 2.75) is 12.4 Å². The van der Waals surface area contributed by atoms with E-state index in [1.54, 1.807) is 12.1 Å². The molecule has 4 amide bonds. The van der Waals surface area contributed by atoms with Gasteiger partial charge in [-0.05, 0) is 83.9 Å². The van der Waals surface area contributed by atoms with Gasteiger partial charge in [0.2, 0.25) is 11.4 Å². The largest absolute Gasteiger partial charge is 0.417 e. The zero-order valence-electron chi connectivity index (χ0n) is 43.2. The third-order valence-electron chi connectivity index (χ3n) is 14.0. The highest BCUT2D eigenvalue weighted by atomic mass is 19.4. The van der Waals surface area contributed by atoms with Gasteiger partial charge in [0.25, 0.3) is 23.6 Å². The zero-order valence-corrected chi connectivity index (χ0v) is 43.2. The summed E-state index contributed by atoms with van der Waals surface area (Å²) in [7, 11) is 0. The van der Waals surface area contributed by atoms with E-state index in [1.807, 2.05) is 0 Å². The molecule has 0 saturated carbocycles. The summed E-state index contributed by atoms with van der Waals surface area (Å²) >= 11 is 0. The maximum atomic E-state index is 14.8. The molecule has 0 saturated heterocycles. The highest BCUT2D eigenvalue weighted by molar-refractivity contribution is 6.35. The first kappa shape index (κ1) is 56.7. The SMILES string of the molecule is [C-]#[N+]c1c(N)c2c(c(NC(=O)c3ccc(C(=O)Nc4ccc(-c5ccc(NC(=O)c6ccc(C(=O)Nc7c([N+]#[C-])c(C#N)c(N)c8c7C(=O)c7ccccc7C8=O)cc6)cc5C(F)(F)F)c(C(F)(F)F)c4)cc3)c1C#N)C(=O)c1ccccc1C2=O. The van der Waals surface area contributed by atoms with Crippen molar-refractivity contribution in [3.05, 3.63) is 245 Å². The second-order valence-electron chi connectivity index (χ2n) is 18.9. The van der Waals surface area contributed by atoms with Crippen LogP contribution in [0, 0.1) is 35.8 Å². The third kappa shape index (κ3) is 9.68. The lowest BCUT2D eigenvalue weighted by molar-refractivity contribution is -0.139. The van der Waals surface area contributed by atoms with Crippen LogP contribution in [0.2, 0.25) is 0 Å². The molecule has 0 fully saturated rings. The number of carbonyl (C=O) groups is 8. The van der Waals surface area contributed by atoms with E-state index in [2.05, 4.69) is 31.0 Å². The molecule has 86 heavy (non-hydrogen) atoms. The summed E-state index contributed by atoms with van der Waals surface area (Å²) in [6, 6.07) is 27.6. The molecule has 0 heterocycles. The summed E-state index contributed by atoms with van der Waals surface area (Å²) in [4.78, 5) is 115. The number of ketones is 4. The summed E-state index contributed by atoms with van der Waals surface area (Å²) in [6.07, 6.45) is -10.7. The maximum absolute atomic E-state index is 14.8. The quantitative estimate of drug-likeness (QED) is 0.0447. The number of anilines is 6. The van der Waals surface area contributed by atoms with E-state index >= 15 is 0 Å². The molecular formula is C62H30F6N10O8. The molecule has 10 rings (SSSR count). The summed E-state index contributed by atoms with van der Waals surface area (Å²) < 4.78 is 88.8. The van der Waals surface area contributed by atoms with Crippen molar-refractivity contribution >= 4 is 92.3 Å². The lowest BCUT2D eigenvalue weighted by atomic mass is 9.80. The fourth-order valence-corrected chi connectivity index (χ4v) is 9.94. The van der Waals surface area contributed by atoms with Crippen molar-refractivity contribution in [2.75, 3.05) is 32.7 Å². The molecule has 8 aromatic rings. The van der Waals surface area contributed by atoms with Crippen LogP contribution in [0.15, 0.2) is 133 Å². The Morgan fingerprint density at radius 2 is 0.744 bits per heavy atom. The van der Waals surface area contributed by atoms with Gasteiger partial charge in [0, 0.05) is 67.0 Å². The average molecular weight is 1160 g/mol. The number of rotatable bonds is 9. The molecule has 18 nitrogen and oxygen atoms in total. The average Bonchev–Trinajstić information content (AvgIpc) is 0.777. The van der Waals surface area contributed by atoms with Gasteiger partial charge in [-0.2, -0.15) is 36.9 Å². The second kappa shape index (κ2) is 21.4. The van der Waals surface area contributed by atoms with E-state index in [-0.39, 0.29) is 44.5 Å². The Kier molecular flexibility index (Phi) is 14.1. The van der Waals surface area contributed by atoms with Gasteiger partial charge in [0.1, 0.15) is 0 Å². The number of carbonyl (C=O) groups excluding carboxylic acids is 8. The number of nitrogens with one attached hydrogen (secondary N) is 4. The molecule has 0 atom stereocenters. The van der Waals surface area contributed by atoms with E-state index in [0.29, 0.717) is 24.3 Å². The van der Waals surface area contributed by atoms with Gasteiger partial charge in [0.05, 0.1) is 81.4 Å². The lowest BCUT2D eigenvalue weighted by Gasteiger charge is -2.24. The van der Waals surface area contributed by atoms with Crippen LogP contribution in [-0.2, 0) is 12.4 Å². The van der Waals surface area contributed by atoms with E-state index in [4.69, 9.17) is 24.6 Å². The monoisotopic (exact) mass is 1160 g/mol. The van der Waals surface area contributed by atoms with Crippen LogP contribution in [0.25, 0.3) is 20.8 Å². The Balaban J connectivity index is 0.854. The van der Waals surface area contributed by atoms with Gasteiger partial charge in [-0.1, -0.05) is 60.7 Å². The molecule has 0 spiro atoms. The van der Waals surface area contributed by atoms with Gasteiger partial charge in [0.15, 0.2) is 23.1 Å². The minimum atomic E-state index is -5.33. The number of nitrogens with two attached hydrogens (primary N) is 2. The molecular weight excluding hydrogens is 1130 g/mol. The lowest BCUT2D eigenvalue weighted by Crippen LogP contribution is -2.26. The molecule has 8 aromatic carbocycles. The number of benzene rings is 8. The number of nitrogen functional groups attached to an aromatic ring is 2. The summed E-state index contributed by atoms with van der Waals surface area (Å²) in [5.74, 6) is -7.12. The van der Waals surface area contributed by atoms with Gasteiger partial charge < -0.3 is 32.7 Å². The number of alkyl halides is 6. The Morgan fingerprint density at radius 1 is 0.419 bits per heavy atom. The second-order valence-corrected chi connectivity index (χ2v) is 18.9. The molecule has 24 heteroatoms. The van der Waals surface area contributed by atoms with Crippen molar-refractivity contribution in [1.29, 1.82) is 10.5 Å². The Hall–Kier alpha value is -12.5. The molecule has 0 unspecified atom stereocenters. The number of nitriles is 2. The van der Waals surface area contributed by atoms with Crippen LogP contribution in [0.4, 0.5) is 71.8 Å². The Bertz CT molecular complexity index is 4330. The number of fused-ring (bicyclic) bond motifs is 4. The molecule has 2 aliphatic rings. The maximum Gasteiger partial charge on any atom is 0.417 e. The normalized spacial score (nSPS) is 12.2. The predicted octanol–water partition coefficient (Wildman–Crippen LogP) is 12.0. The summed E-state index contributed by atoms with van der Waals surface area (Å²) in [6.45, 7) is 15.4. The highest BCUT2D eigenvalue weighted by Gasteiger charge is 2.41. The van der Waals surface area contributed by atoms with Crippen molar-refractivity contribution in [1.82, 2.24) is 0 Å². The van der Waals surface area contributed by atoms with E-state index in [9.17, 15) is 75.2 Å². The van der Waals surface area contributed by atoms with Crippen molar-refractivity contribution in [3.8, 4) is 23.3 Å². The molecule has 0 radical (unpaired) electrons. The zero-order chi connectivity index (χ0) is 61.8. The fraction of sp³-hybridized carbons (Fsp3) is 0.0323. The van der Waals surface area contributed by atoms with Crippen LogP contribution in [0.1, 0.15) is 127 Å². The van der Waals surface area contributed by atoms with E-state index in [0.717, 1.165) is 60.7 Å². The Morgan fingerprint density at radius 3 is 1.09 bits per heavy atom. The fourth-order valence-electron chi connectivity index (χ4n) is 9.94. The number of hydrogen-bond acceptors (Lipinski definition) is 12. The highest BCUT2D eigenvalue weighted by Crippen LogP contribution is 2.48. The van der Waals surface area contributed by atoms with Crippen molar-refractivity contribution in [3.63, 3.8) is 0 Å².